The Morgan fingerprint density at radius 1 is 1.47 bits per heavy atom. The normalized spacial score (nSPS) is 15.5. The van der Waals surface area contributed by atoms with Gasteiger partial charge in [-0.25, -0.2) is 0 Å². The van der Waals surface area contributed by atoms with Crippen molar-refractivity contribution in [1.82, 2.24) is 5.32 Å². The predicted molar refractivity (Wildman–Crippen MR) is 72.1 cm³/mol. The molecule has 94 valence electrons. The Kier molecular flexibility index (Phi) is 4.30. The standard InChI is InChI=1S/C14H20ClNO/c1-3-16-9-10(2)6-12-8-13(15)7-11-4-5-17-14(11)12/h7-8,10,16H,3-6,9H2,1-2H3. The second kappa shape index (κ2) is 5.74. The Hall–Kier alpha value is -0.730. The molecule has 1 heterocycles. The Morgan fingerprint density at radius 3 is 3.06 bits per heavy atom. The van der Waals surface area contributed by atoms with Gasteiger partial charge in [0.15, 0.2) is 0 Å². The number of hydrogen-bond acceptors (Lipinski definition) is 2. The molecular formula is C14H20ClNO. The molecule has 0 saturated heterocycles. The average molecular weight is 254 g/mol. The zero-order valence-electron chi connectivity index (χ0n) is 10.6. The first kappa shape index (κ1) is 12.7. The number of nitrogens with one attached hydrogen (secondary N) is 1. The van der Waals surface area contributed by atoms with Crippen molar-refractivity contribution in [3.8, 4) is 5.75 Å². The Balaban J connectivity index is 2.10. The maximum absolute atomic E-state index is 6.15. The van der Waals surface area contributed by atoms with E-state index in [0.717, 1.165) is 43.3 Å². The third-order valence-electron chi connectivity index (χ3n) is 3.14. The zero-order chi connectivity index (χ0) is 12.3. The Morgan fingerprint density at radius 2 is 2.29 bits per heavy atom. The fourth-order valence-electron chi connectivity index (χ4n) is 2.34. The highest BCUT2D eigenvalue weighted by atomic mass is 35.5. The van der Waals surface area contributed by atoms with Crippen molar-refractivity contribution < 1.29 is 4.74 Å². The second-order valence-electron chi connectivity index (χ2n) is 4.77. The molecule has 1 aliphatic rings. The first-order valence-corrected chi connectivity index (χ1v) is 6.73. The maximum atomic E-state index is 6.15. The van der Waals surface area contributed by atoms with Gasteiger partial charge in [0, 0.05) is 11.4 Å². The van der Waals surface area contributed by atoms with Gasteiger partial charge in [-0.2, -0.15) is 0 Å². The molecule has 0 spiro atoms. The van der Waals surface area contributed by atoms with E-state index >= 15 is 0 Å². The number of benzene rings is 1. The lowest BCUT2D eigenvalue weighted by Gasteiger charge is -2.14. The van der Waals surface area contributed by atoms with Crippen LogP contribution in [0.2, 0.25) is 5.02 Å². The van der Waals surface area contributed by atoms with Crippen molar-refractivity contribution >= 4 is 11.6 Å². The van der Waals surface area contributed by atoms with Gasteiger partial charge in [-0.15, -0.1) is 0 Å². The van der Waals surface area contributed by atoms with Crippen molar-refractivity contribution in [2.24, 2.45) is 5.92 Å². The van der Waals surface area contributed by atoms with E-state index in [2.05, 4.69) is 19.2 Å². The molecule has 3 heteroatoms. The maximum Gasteiger partial charge on any atom is 0.125 e. The van der Waals surface area contributed by atoms with Gasteiger partial charge in [-0.05, 0) is 48.7 Å². The predicted octanol–water partition coefficient (Wildman–Crippen LogP) is 3.06. The highest BCUT2D eigenvalue weighted by molar-refractivity contribution is 6.30. The first-order chi connectivity index (χ1) is 8.20. The number of halogens is 1. The van der Waals surface area contributed by atoms with Crippen LogP contribution in [0.4, 0.5) is 0 Å². The van der Waals surface area contributed by atoms with E-state index in [-0.39, 0.29) is 0 Å². The number of ether oxygens (including phenoxy) is 1. The van der Waals surface area contributed by atoms with Crippen molar-refractivity contribution in [1.29, 1.82) is 0 Å². The first-order valence-electron chi connectivity index (χ1n) is 6.35. The summed E-state index contributed by atoms with van der Waals surface area (Å²) in [6.45, 7) is 7.24. The lowest BCUT2D eigenvalue weighted by molar-refractivity contribution is 0.351. The molecule has 1 aliphatic heterocycles. The Labute approximate surface area is 108 Å². The van der Waals surface area contributed by atoms with E-state index in [4.69, 9.17) is 16.3 Å². The van der Waals surface area contributed by atoms with Crippen LogP contribution in [0, 0.1) is 5.92 Å². The summed E-state index contributed by atoms with van der Waals surface area (Å²) in [6.07, 6.45) is 2.01. The molecule has 0 saturated carbocycles. The quantitative estimate of drug-likeness (QED) is 0.871. The molecule has 1 N–H and O–H groups in total. The molecule has 1 atom stereocenters. The van der Waals surface area contributed by atoms with E-state index in [9.17, 15) is 0 Å². The van der Waals surface area contributed by atoms with Gasteiger partial charge in [0.05, 0.1) is 6.61 Å². The molecule has 0 radical (unpaired) electrons. The highest BCUT2D eigenvalue weighted by Crippen LogP contribution is 2.34. The molecule has 0 bridgehead atoms. The van der Waals surface area contributed by atoms with Crippen molar-refractivity contribution in [3.05, 3.63) is 28.3 Å². The van der Waals surface area contributed by atoms with Gasteiger partial charge in [-0.3, -0.25) is 0 Å². The fraction of sp³-hybridized carbons (Fsp3) is 0.571. The minimum Gasteiger partial charge on any atom is -0.493 e. The molecule has 2 rings (SSSR count). The highest BCUT2D eigenvalue weighted by Gasteiger charge is 2.18. The van der Waals surface area contributed by atoms with Crippen LogP contribution in [0.15, 0.2) is 12.1 Å². The SMILES string of the molecule is CCNCC(C)Cc1cc(Cl)cc2c1OCC2. The second-order valence-corrected chi connectivity index (χ2v) is 5.21. The van der Waals surface area contributed by atoms with Crippen LogP contribution in [0.3, 0.4) is 0 Å². The molecule has 0 aromatic heterocycles. The summed E-state index contributed by atoms with van der Waals surface area (Å²) in [4.78, 5) is 0. The number of rotatable bonds is 5. The van der Waals surface area contributed by atoms with Crippen LogP contribution >= 0.6 is 11.6 Å². The van der Waals surface area contributed by atoms with Gasteiger partial charge >= 0.3 is 0 Å². The summed E-state index contributed by atoms with van der Waals surface area (Å²) in [5.74, 6) is 1.68. The summed E-state index contributed by atoms with van der Waals surface area (Å²) in [7, 11) is 0. The number of fused-ring (bicyclic) bond motifs is 1. The third-order valence-corrected chi connectivity index (χ3v) is 3.35. The third kappa shape index (κ3) is 3.14. The molecule has 0 aliphatic carbocycles. The lowest BCUT2D eigenvalue weighted by atomic mass is 9.98. The minimum atomic E-state index is 0.599. The van der Waals surface area contributed by atoms with Gasteiger partial charge in [0.25, 0.3) is 0 Å². The molecule has 17 heavy (non-hydrogen) atoms. The molecular weight excluding hydrogens is 234 g/mol. The summed E-state index contributed by atoms with van der Waals surface area (Å²) < 4.78 is 5.71. The average Bonchev–Trinajstić information content (AvgIpc) is 2.74. The van der Waals surface area contributed by atoms with E-state index in [1.165, 1.54) is 11.1 Å². The summed E-state index contributed by atoms with van der Waals surface area (Å²) in [6, 6.07) is 4.08. The van der Waals surface area contributed by atoms with Crippen LogP contribution in [0.1, 0.15) is 25.0 Å². The van der Waals surface area contributed by atoms with Crippen LogP contribution in [-0.2, 0) is 12.8 Å². The molecule has 1 aromatic carbocycles. The smallest absolute Gasteiger partial charge is 0.125 e. The fourth-order valence-corrected chi connectivity index (χ4v) is 2.60. The van der Waals surface area contributed by atoms with Gasteiger partial charge < -0.3 is 10.1 Å². The van der Waals surface area contributed by atoms with E-state index in [0.29, 0.717) is 5.92 Å². The van der Waals surface area contributed by atoms with Crippen LogP contribution in [0.5, 0.6) is 5.75 Å². The van der Waals surface area contributed by atoms with E-state index in [1.54, 1.807) is 0 Å². The largest absolute Gasteiger partial charge is 0.493 e. The molecule has 1 unspecified atom stereocenters. The van der Waals surface area contributed by atoms with Gasteiger partial charge in [-0.1, -0.05) is 25.4 Å². The van der Waals surface area contributed by atoms with Crippen LogP contribution in [0.25, 0.3) is 0 Å². The Bertz CT molecular complexity index is 392. The van der Waals surface area contributed by atoms with Crippen LogP contribution < -0.4 is 10.1 Å². The van der Waals surface area contributed by atoms with Crippen molar-refractivity contribution in [2.45, 2.75) is 26.7 Å². The lowest BCUT2D eigenvalue weighted by Crippen LogP contribution is -2.22. The van der Waals surface area contributed by atoms with Crippen molar-refractivity contribution in [3.63, 3.8) is 0 Å². The van der Waals surface area contributed by atoms with Gasteiger partial charge in [0.2, 0.25) is 0 Å². The number of hydrogen-bond donors (Lipinski definition) is 1. The monoisotopic (exact) mass is 253 g/mol. The van der Waals surface area contributed by atoms with E-state index in [1.807, 2.05) is 12.1 Å². The summed E-state index contributed by atoms with van der Waals surface area (Å²) in [5, 5.41) is 4.21. The molecule has 0 amide bonds. The zero-order valence-corrected chi connectivity index (χ0v) is 11.3. The van der Waals surface area contributed by atoms with Gasteiger partial charge in [0.1, 0.15) is 5.75 Å². The summed E-state index contributed by atoms with van der Waals surface area (Å²) in [5.41, 5.74) is 2.53. The molecule has 0 fully saturated rings. The summed E-state index contributed by atoms with van der Waals surface area (Å²) >= 11 is 6.15. The molecule has 2 nitrogen and oxygen atoms in total. The van der Waals surface area contributed by atoms with E-state index < -0.39 is 0 Å². The molecule has 1 aromatic rings. The van der Waals surface area contributed by atoms with Crippen LogP contribution in [-0.4, -0.2) is 19.7 Å². The minimum absolute atomic E-state index is 0.599. The van der Waals surface area contributed by atoms with Crippen molar-refractivity contribution in [2.75, 3.05) is 19.7 Å². The topological polar surface area (TPSA) is 21.3 Å².